The zero-order valence-electron chi connectivity index (χ0n) is 16.6. The van der Waals surface area contributed by atoms with Crippen molar-refractivity contribution in [1.29, 1.82) is 0 Å². The Balaban J connectivity index is 1.56. The van der Waals surface area contributed by atoms with Gasteiger partial charge in [0.15, 0.2) is 0 Å². The average Bonchev–Trinajstić information content (AvgIpc) is 2.99. The Morgan fingerprint density at radius 1 is 1.07 bits per heavy atom. The maximum atomic E-state index is 12.3. The molecule has 0 saturated carbocycles. The zero-order chi connectivity index (χ0) is 21.0. The van der Waals surface area contributed by atoms with Gasteiger partial charge in [-0.3, -0.25) is 9.52 Å². The quantitative estimate of drug-likeness (QED) is 0.624. The van der Waals surface area contributed by atoms with E-state index in [1.54, 1.807) is 18.2 Å². The van der Waals surface area contributed by atoms with E-state index in [0.29, 0.717) is 24.2 Å². The van der Waals surface area contributed by atoms with Crippen LogP contribution in [0.3, 0.4) is 0 Å². The molecule has 0 bridgehead atoms. The molecule has 0 radical (unpaired) electrons. The monoisotopic (exact) mass is 412 g/mol. The molecule has 3 aromatic rings. The van der Waals surface area contributed by atoms with Gasteiger partial charge in [0.05, 0.1) is 17.6 Å². The molecule has 2 N–H and O–H groups in total. The second-order valence-electron chi connectivity index (χ2n) is 6.97. The first-order valence-corrected chi connectivity index (χ1v) is 11.1. The normalized spacial score (nSPS) is 11.3. The van der Waals surface area contributed by atoms with E-state index in [9.17, 15) is 13.2 Å². The first-order chi connectivity index (χ1) is 13.7. The summed E-state index contributed by atoms with van der Waals surface area (Å²) >= 11 is 0. The van der Waals surface area contributed by atoms with E-state index < -0.39 is 10.0 Å². The summed E-state index contributed by atoms with van der Waals surface area (Å²) < 4.78 is 26.9. The maximum Gasteiger partial charge on any atom is 0.251 e. The molecule has 0 fully saturated rings. The van der Waals surface area contributed by atoms with Gasteiger partial charge in [-0.2, -0.15) is 5.10 Å². The number of aromatic nitrogens is 2. The van der Waals surface area contributed by atoms with Crippen LogP contribution in [-0.4, -0.2) is 36.9 Å². The molecule has 8 heteroatoms. The van der Waals surface area contributed by atoms with Gasteiger partial charge in [-0.05, 0) is 62.2 Å². The van der Waals surface area contributed by atoms with Crippen LogP contribution in [0.4, 0.5) is 5.69 Å². The average molecular weight is 413 g/mol. The molecule has 0 aliphatic rings. The number of carbonyl (C=O) groups is 1. The lowest BCUT2D eigenvalue weighted by Crippen LogP contribution is -2.25. The summed E-state index contributed by atoms with van der Waals surface area (Å²) in [6, 6.07) is 16.5. The summed E-state index contributed by atoms with van der Waals surface area (Å²) in [5, 5.41) is 7.34. The number of hydrogen-bond donors (Lipinski definition) is 2. The molecule has 0 atom stereocenters. The van der Waals surface area contributed by atoms with Crippen molar-refractivity contribution in [3.05, 3.63) is 77.1 Å². The molecule has 29 heavy (non-hydrogen) atoms. The summed E-state index contributed by atoms with van der Waals surface area (Å²) in [6.45, 7) is 4.46. The summed E-state index contributed by atoms with van der Waals surface area (Å²) in [4.78, 5) is 12.3. The van der Waals surface area contributed by atoms with Crippen LogP contribution in [0.1, 0.15) is 27.3 Å². The highest BCUT2D eigenvalue weighted by Gasteiger charge is 2.08. The molecule has 0 aliphatic carbocycles. The van der Waals surface area contributed by atoms with Gasteiger partial charge in [0.1, 0.15) is 0 Å². The standard InChI is InChI=1S/C21H24N4O3S/c1-15-13-16(2)25(23-15)20-9-7-17(8-10-20)11-12-22-21(26)18-5-4-6-19(14-18)24-29(3,27)28/h4-10,13-14,24H,11-12H2,1-3H3,(H,22,26). The number of hydrogen-bond acceptors (Lipinski definition) is 4. The van der Waals surface area contributed by atoms with Crippen molar-refractivity contribution in [3.63, 3.8) is 0 Å². The minimum atomic E-state index is -3.39. The van der Waals surface area contributed by atoms with E-state index in [1.165, 1.54) is 6.07 Å². The van der Waals surface area contributed by atoms with Gasteiger partial charge in [-0.25, -0.2) is 13.1 Å². The fourth-order valence-corrected chi connectivity index (χ4v) is 3.61. The largest absolute Gasteiger partial charge is 0.352 e. The Kier molecular flexibility index (Phi) is 6.03. The number of carbonyl (C=O) groups excluding carboxylic acids is 1. The second kappa shape index (κ2) is 8.48. The summed E-state index contributed by atoms with van der Waals surface area (Å²) in [6.07, 6.45) is 1.75. The summed E-state index contributed by atoms with van der Waals surface area (Å²) in [7, 11) is -3.39. The van der Waals surface area contributed by atoms with E-state index >= 15 is 0 Å². The predicted molar refractivity (Wildman–Crippen MR) is 114 cm³/mol. The topological polar surface area (TPSA) is 93.1 Å². The number of sulfonamides is 1. The number of amides is 1. The Morgan fingerprint density at radius 2 is 1.79 bits per heavy atom. The smallest absolute Gasteiger partial charge is 0.251 e. The molecule has 1 aromatic heterocycles. The van der Waals surface area contributed by atoms with Gasteiger partial charge in [0, 0.05) is 23.5 Å². The fraction of sp³-hybridized carbons (Fsp3) is 0.238. The van der Waals surface area contributed by atoms with Gasteiger partial charge in [0.25, 0.3) is 5.91 Å². The third-order valence-electron chi connectivity index (χ3n) is 4.32. The molecule has 0 spiro atoms. The number of rotatable bonds is 7. The highest BCUT2D eigenvalue weighted by atomic mass is 32.2. The van der Waals surface area contributed by atoms with E-state index in [1.807, 2.05) is 48.9 Å². The predicted octanol–water partition coefficient (Wildman–Crippen LogP) is 2.83. The first kappa shape index (κ1) is 20.6. The number of benzene rings is 2. The van der Waals surface area contributed by atoms with Gasteiger partial charge >= 0.3 is 0 Å². The molecule has 1 amide bonds. The van der Waals surface area contributed by atoms with Crippen molar-refractivity contribution < 1.29 is 13.2 Å². The van der Waals surface area contributed by atoms with E-state index in [4.69, 9.17) is 0 Å². The summed E-state index contributed by atoms with van der Waals surface area (Å²) in [5.74, 6) is -0.249. The van der Waals surface area contributed by atoms with Gasteiger partial charge in [0.2, 0.25) is 10.0 Å². The van der Waals surface area contributed by atoms with Crippen LogP contribution in [0.5, 0.6) is 0 Å². The Labute approximate surface area is 170 Å². The van der Waals surface area contributed by atoms with Crippen LogP contribution < -0.4 is 10.0 Å². The first-order valence-electron chi connectivity index (χ1n) is 9.20. The zero-order valence-corrected chi connectivity index (χ0v) is 17.5. The third kappa shape index (κ3) is 5.68. The fourth-order valence-electron chi connectivity index (χ4n) is 3.05. The lowest BCUT2D eigenvalue weighted by atomic mass is 10.1. The number of nitrogens with one attached hydrogen (secondary N) is 2. The van der Waals surface area contributed by atoms with Crippen molar-refractivity contribution >= 4 is 21.6 Å². The van der Waals surface area contributed by atoms with Crippen LogP contribution in [0.2, 0.25) is 0 Å². The molecular formula is C21H24N4O3S. The maximum absolute atomic E-state index is 12.3. The lowest BCUT2D eigenvalue weighted by molar-refractivity contribution is 0.0954. The van der Waals surface area contributed by atoms with Crippen molar-refractivity contribution in [2.45, 2.75) is 20.3 Å². The minimum absolute atomic E-state index is 0.249. The Bertz CT molecular complexity index is 1120. The lowest BCUT2D eigenvalue weighted by Gasteiger charge is -2.09. The van der Waals surface area contributed by atoms with Gasteiger partial charge in [-0.15, -0.1) is 0 Å². The molecule has 3 rings (SSSR count). The second-order valence-corrected chi connectivity index (χ2v) is 8.71. The molecular weight excluding hydrogens is 388 g/mol. The highest BCUT2D eigenvalue weighted by molar-refractivity contribution is 7.92. The molecule has 152 valence electrons. The van der Waals surface area contributed by atoms with Crippen LogP contribution >= 0.6 is 0 Å². The third-order valence-corrected chi connectivity index (χ3v) is 4.92. The van der Waals surface area contributed by atoms with Gasteiger partial charge < -0.3 is 5.32 Å². The van der Waals surface area contributed by atoms with Crippen LogP contribution in [0.15, 0.2) is 54.6 Å². The SMILES string of the molecule is Cc1cc(C)n(-c2ccc(CCNC(=O)c3cccc(NS(C)(=O)=O)c3)cc2)n1. The molecule has 0 saturated heterocycles. The molecule has 0 unspecified atom stereocenters. The molecule has 7 nitrogen and oxygen atoms in total. The van der Waals surface area contributed by atoms with Crippen molar-refractivity contribution in [2.75, 3.05) is 17.5 Å². The molecule has 1 heterocycles. The van der Waals surface area contributed by atoms with Crippen molar-refractivity contribution in [3.8, 4) is 5.69 Å². The van der Waals surface area contributed by atoms with E-state index in [2.05, 4.69) is 15.1 Å². The Hall–Kier alpha value is -3.13. The van der Waals surface area contributed by atoms with Gasteiger partial charge in [-0.1, -0.05) is 18.2 Å². The minimum Gasteiger partial charge on any atom is -0.352 e. The molecule has 0 aliphatic heterocycles. The van der Waals surface area contributed by atoms with E-state index in [-0.39, 0.29) is 5.91 Å². The number of nitrogens with zero attached hydrogens (tertiary/aromatic N) is 2. The van der Waals surface area contributed by atoms with Crippen LogP contribution in [0, 0.1) is 13.8 Å². The summed E-state index contributed by atoms with van der Waals surface area (Å²) in [5.41, 5.74) is 4.92. The Morgan fingerprint density at radius 3 is 2.41 bits per heavy atom. The van der Waals surface area contributed by atoms with Crippen molar-refractivity contribution in [2.24, 2.45) is 0 Å². The highest BCUT2D eigenvalue weighted by Crippen LogP contribution is 2.14. The van der Waals surface area contributed by atoms with Crippen LogP contribution in [-0.2, 0) is 16.4 Å². The number of anilines is 1. The number of aryl methyl sites for hydroxylation is 2. The van der Waals surface area contributed by atoms with E-state index in [0.717, 1.165) is 28.9 Å². The molecule has 2 aromatic carbocycles. The van der Waals surface area contributed by atoms with Crippen LogP contribution in [0.25, 0.3) is 5.69 Å². The van der Waals surface area contributed by atoms with Crippen molar-refractivity contribution in [1.82, 2.24) is 15.1 Å².